The molecule has 0 radical (unpaired) electrons. The van der Waals surface area contributed by atoms with Crippen LogP contribution in [0.5, 0.6) is 0 Å². The van der Waals surface area contributed by atoms with Gasteiger partial charge in [-0.25, -0.2) is 14.7 Å². The molecule has 2 amide bonds. The van der Waals surface area contributed by atoms with Crippen LogP contribution in [0.4, 0.5) is 33.6 Å². The number of benzene rings is 3. The number of fused-ring (bicyclic) bond motifs is 1. The zero-order valence-electron chi connectivity index (χ0n) is 18.7. The Bertz CT molecular complexity index is 1360. The van der Waals surface area contributed by atoms with Gasteiger partial charge < -0.3 is 11.1 Å². The van der Waals surface area contributed by atoms with Gasteiger partial charge in [-0.3, -0.25) is 4.90 Å². The van der Waals surface area contributed by atoms with Gasteiger partial charge in [-0.1, -0.05) is 53.5 Å². The molecule has 3 aromatic carbocycles. The molecule has 0 aliphatic carbocycles. The van der Waals surface area contributed by atoms with Gasteiger partial charge >= 0.3 is 6.03 Å². The molecule has 1 aliphatic heterocycles. The summed E-state index contributed by atoms with van der Waals surface area (Å²) in [6.45, 7) is 0.818. The third kappa shape index (κ3) is 4.79. The van der Waals surface area contributed by atoms with Gasteiger partial charge in [0.15, 0.2) is 5.82 Å². The van der Waals surface area contributed by atoms with Gasteiger partial charge in [-0.05, 0) is 61.0 Å². The van der Waals surface area contributed by atoms with Crippen LogP contribution < -0.4 is 20.9 Å². The van der Waals surface area contributed by atoms with Crippen LogP contribution in [0.25, 0.3) is 0 Å². The highest BCUT2D eigenvalue weighted by molar-refractivity contribution is 6.37. The third-order valence-corrected chi connectivity index (χ3v) is 6.20. The average Bonchev–Trinajstić information content (AvgIpc) is 2.86. The van der Waals surface area contributed by atoms with E-state index in [0.717, 1.165) is 23.2 Å². The summed E-state index contributed by atoms with van der Waals surface area (Å²) in [5, 5.41) is 4.08. The van der Waals surface area contributed by atoms with E-state index in [-0.39, 0.29) is 12.6 Å². The number of amides is 2. The van der Waals surface area contributed by atoms with E-state index in [1.54, 1.807) is 34.2 Å². The molecule has 7 nitrogen and oxygen atoms in total. The molecule has 1 aromatic heterocycles. The molecule has 35 heavy (non-hydrogen) atoms. The molecule has 9 heteroatoms. The van der Waals surface area contributed by atoms with Crippen molar-refractivity contribution in [1.82, 2.24) is 9.97 Å². The number of anilines is 5. The average molecular weight is 505 g/mol. The standard InChI is InChI=1S/C26H22Cl2N6O/c27-19-8-11-23(22(28)14-19)33-16-18-15-30-25(31-20-4-2-1-3-5-20)32-24(18)34(26(33)35)21-9-6-17(7-10-21)12-13-29/h1-11,14-15H,12-13,16,29H2,(H,30,31,32). The predicted molar refractivity (Wildman–Crippen MR) is 141 cm³/mol. The molecule has 176 valence electrons. The minimum atomic E-state index is -0.280. The fourth-order valence-electron chi connectivity index (χ4n) is 3.96. The van der Waals surface area contributed by atoms with Crippen molar-refractivity contribution in [2.75, 3.05) is 21.7 Å². The molecule has 0 atom stereocenters. The smallest absolute Gasteiger partial charge is 0.330 e. The zero-order valence-corrected chi connectivity index (χ0v) is 20.2. The van der Waals surface area contributed by atoms with Crippen molar-refractivity contribution >= 4 is 58.1 Å². The van der Waals surface area contributed by atoms with Gasteiger partial charge in [0, 0.05) is 22.5 Å². The first kappa shape index (κ1) is 23.1. The Balaban J connectivity index is 1.58. The van der Waals surface area contributed by atoms with Gasteiger partial charge in [0.05, 0.1) is 22.9 Å². The molecular formula is C26H22Cl2N6O. The molecule has 1 aliphatic rings. The molecule has 2 heterocycles. The molecule has 0 saturated carbocycles. The van der Waals surface area contributed by atoms with Crippen LogP contribution in [0.2, 0.25) is 10.0 Å². The number of rotatable bonds is 6. The first-order chi connectivity index (χ1) is 17.0. The molecule has 0 spiro atoms. The number of aromatic nitrogens is 2. The molecular weight excluding hydrogens is 483 g/mol. The predicted octanol–water partition coefficient (Wildman–Crippen LogP) is 6.31. The van der Waals surface area contributed by atoms with Crippen LogP contribution >= 0.6 is 23.2 Å². The summed E-state index contributed by atoms with van der Waals surface area (Å²) in [7, 11) is 0. The highest BCUT2D eigenvalue weighted by Gasteiger charge is 2.35. The quantitative estimate of drug-likeness (QED) is 0.321. The normalized spacial score (nSPS) is 13.1. The highest BCUT2D eigenvalue weighted by Crippen LogP contribution is 2.39. The van der Waals surface area contributed by atoms with Crippen LogP contribution in [-0.4, -0.2) is 22.5 Å². The Morgan fingerprint density at radius 3 is 2.49 bits per heavy atom. The van der Waals surface area contributed by atoms with E-state index < -0.39 is 0 Å². The summed E-state index contributed by atoms with van der Waals surface area (Å²) in [5.41, 5.74) is 9.65. The number of para-hydroxylation sites is 1. The van der Waals surface area contributed by atoms with E-state index in [0.29, 0.717) is 39.7 Å². The molecule has 0 fully saturated rings. The second-order valence-corrected chi connectivity index (χ2v) is 8.88. The number of hydrogen-bond acceptors (Lipinski definition) is 5. The molecule has 4 aromatic rings. The van der Waals surface area contributed by atoms with Crippen molar-refractivity contribution in [3.8, 4) is 0 Å². The monoisotopic (exact) mass is 504 g/mol. The number of urea groups is 1. The van der Waals surface area contributed by atoms with Crippen molar-refractivity contribution in [3.63, 3.8) is 0 Å². The molecule has 3 N–H and O–H groups in total. The summed E-state index contributed by atoms with van der Waals surface area (Å²) < 4.78 is 0. The van der Waals surface area contributed by atoms with E-state index in [2.05, 4.69) is 10.3 Å². The van der Waals surface area contributed by atoms with E-state index in [9.17, 15) is 4.79 Å². The van der Waals surface area contributed by atoms with Crippen LogP contribution in [0.15, 0.2) is 79.0 Å². The maximum atomic E-state index is 13.9. The summed E-state index contributed by atoms with van der Waals surface area (Å²) >= 11 is 12.6. The van der Waals surface area contributed by atoms with Gasteiger partial charge in [-0.2, -0.15) is 4.98 Å². The Hall–Kier alpha value is -3.65. The van der Waals surface area contributed by atoms with Crippen molar-refractivity contribution in [2.45, 2.75) is 13.0 Å². The van der Waals surface area contributed by atoms with E-state index in [4.69, 9.17) is 33.9 Å². The molecule has 0 unspecified atom stereocenters. The number of halogens is 2. The number of hydrogen-bond donors (Lipinski definition) is 2. The van der Waals surface area contributed by atoms with Crippen LogP contribution in [-0.2, 0) is 13.0 Å². The third-order valence-electron chi connectivity index (χ3n) is 5.66. The van der Waals surface area contributed by atoms with Crippen molar-refractivity contribution in [2.24, 2.45) is 5.73 Å². The van der Waals surface area contributed by atoms with Crippen LogP contribution in [0, 0.1) is 0 Å². The molecule has 0 saturated heterocycles. The van der Waals surface area contributed by atoms with Crippen LogP contribution in [0.1, 0.15) is 11.1 Å². The van der Waals surface area contributed by atoms with E-state index in [1.165, 1.54) is 0 Å². The van der Waals surface area contributed by atoms with Crippen LogP contribution in [0.3, 0.4) is 0 Å². The van der Waals surface area contributed by atoms with Gasteiger partial charge in [-0.15, -0.1) is 0 Å². The number of nitrogens with one attached hydrogen (secondary N) is 1. The lowest BCUT2D eigenvalue weighted by molar-refractivity contribution is 0.252. The van der Waals surface area contributed by atoms with E-state index >= 15 is 0 Å². The lowest BCUT2D eigenvalue weighted by Gasteiger charge is -2.36. The minimum absolute atomic E-state index is 0.267. The topological polar surface area (TPSA) is 87.4 Å². The fraction of sp³-hybridized carbons (Fsp3) is 0.115. The Morgan fingerprint density at radius 2 is 1.77 bits per heavy atom. The van der Waals surface area contributed by atoms with E-state index in [1.807, 2.05) is 54.6 Å². The fourth-order valence-corrected chi connectivity index (χ4v) is 4.47. The highest BCUT2D eigenvalue weighted by atomic mass is 35.5. The second kappa shape index (κ2) is 9.92. The number of nitrogens with two attached hydrogens (primary N) is 1. The van der Waals surface area contributed by atoms with Gasteiger partial charge in [0.25, 0.3) is 0 Å². The largest absolute Gasteiger partial charge is 0.335 e. The summed E-state index contributed by atoms with van der Waals surface area (Å²) in [5.74, 6) is 0.904. The summed E-state index contributed by atoms with van der Waals surface area (Å²) in [4.78, 5) is 26.3. The SMILES string of the molecule is NCCc1ccc(N2C(=O)N(c3ccc(Cl)cc3Cl)Cc3cnc(Nc4ccccc4)nc32)cc1. The first-order valence-corrected chi connectivity index (χ1v) is 11.8. The number of carbonyl (C=O) groups excluding carboxylic acids is 1. The minimum Gasteiger partial charge on any atom is -0.330 e. The second-order valence-electron chi connectivity index (χ2n) is 8.04. The van der Waals surface area contributed by atoms with Crippen molar-refractivity contribution < 1.29 is 4.79 Å². The zero-order chi connectivity index (χ0) is 24.4. The lowest BCUT2D eigenvalue weighted by Crippen LogP contribution is -2.45. The summed E-state index contributed by atoms with van der Waals surface area (Å²) in [6, 6.07) is 22.1. The number of carbonyl (C=O) groups is 1. The maximum Gasteiger partial charge on any atom is 0.335 e. The Kier molecular flexibility index (Phi) is 6.55. The maximum absolute atomic E-state index is 13.9. The van der Waals surface area contributed by atoms with Gasteiger partial charge in [0.2, 0.25) is 5.95 Å². The lowest BCUT2D eigenvalue weighted by atomic mass is 10.1. The number of nitrogens with zero attached hydrogens (tertiary/aromatic N) is 4. The van der Waals surface area contributed by atoms with Crippen molar-refractivity contribution in [1.29, 1.82) is 0 Å². The molecule has 5 rings (SSSR count). The Morgan fingerprint density at radius 1 is 1.00 bits per heavy atom. The first-order valence-electron chi connectivity index (χ1n) is 11.1. The molecule has 0 bridgehead atoms. The Labute approximate surface area is 213 Å². The van der Waals surface area contributed by atoms with Crippen molar-refractivity contribution in [3.05, 3.63) is 100 Å². The summed E-state index contributed by atoms with van der Waals surface area (Å²) in [6.07, 6.45) is 2.48. The van der Waals surface area contributed by atoms with Gasteiger partial charge in [0.1, 0.15) is 0 Å².